The largest absolute Gasteiger partial charge is 0.296 e. The van der Waals surface area contributed by atoms with E-state index < -0.39 is 10.0 Å². The van der Waals surface area contributed by atoms with Gasteiger partial charge in [-0.2, -0.15) is 4.31 Å². The van der Waals surface area contributed by atoms with Crippen LogP contribution < -0.4 is 0 Å². The van der Waals surface area contributed by atoms with Crippen molar-refractivity contribution in [2.45, 2.75) is 19.4 Å². The molecule has 0 spiro atoms. The Labute approximate surface area is 161 Å². The van der Waals surface area contributed by atoms with Gasteiger partial charge in [0.1, 0.15) is 0 Å². The summed E-state index contributed by atoms with van der Waals surface area (Å²) in [5, 5.41) is 0.767. The van der Waals surface area contributed by atoms with Crippen molar-refractivity contribution in [1.29, 1.82) is 0 Å². The zero-order chi connectivity index (χ0) is 18.4. The van der Waals surface area contributed by atoms with E-state index in [-0.39, 0.29) is 5.75 Å². The van der Waals surface area contributed by atoms with Gasteiger partial charge >= 0.3 is 0 Å². The maximum absolute atomic E-state index is 12.6. The van der Waals surface area contributed by atoms with E-state index in [0.717, 1.165) is 36.6 Å². The lowest BCUT2D eigenvalue weighted by atomic mass is 10.1. The Kier molecular flexibility index (Phi) is 6.70. The molecule has 1 heterocycles. The van der Waals surface area contributed by atoms with E-state index >= 15 is 0 Å². The minimum Gasteiger partial charge on any atom is -0.296 e. The summed E-state index contributed by atoms with van der Waals surface area (Å²) in [5.41, 5.74) is 2.28. The average molecular weight is 393 g/mol. The summed E-state index contributed by atoms with van der Waals surface area (Å²) in [4.78, 5) is 2.26. The molecule has 140 valence electrons. The van der Waals surface area contributed by atoms with E-state index in [4.69, 9.17) is 11.6 Å². The molecule has 0 unspecified atom stereocenters. The molecular formula is C20H25ClN2O2S. The number of hydrogen-bond acceptors (Lipinski definition) is 3. The van der Waals surface area contributed by atoms with Crippen LogP contribution >= 0.6 is 11.6 Å². The normalized spacial score (nSPS) is 16.7. The molecule has 1 aliphatic rings. The molecule has 1 aliphatic heterocycles. The van der Waals surface area contributed by atoms with Crippen LogP contribution in [0, 0.1) is 0 Å². The minimum atomic E-state index is -3.18. The van der Waals surface area contributed by atoms with Gasteiger partial charge in [0.05, 0.1) is 5.75 Å². The number of nitrogens with zero attached hydrogens (tertiary/aromatic N) is 2. The molecule has 4 nitrogen and oxygen atoms in total. The van der Waals surface area contributed by atoms with Crippen LogP contribution in [0.3, 0.4) is 0 Å². The van der Waals surface area contributed by atoms with Gasteiger partial charge in [-0.05, 0) is 30.0 Å². The van der Waals surface area contributed by atoms with Gasteiger partial charge in [-0.3, -0.25) is 4.90 Å². The van der Waals surface area contributed by atoms with Crippen LogP contribution in [0.2, 0.25) is 5.02 Å². The van der Waals surface area contributed by atoms with Crippen LogP contribution in [0.15, 0.2) is 54.6 Å². The summed E-state index contributed by atoms with van der Waals surface area (Å²) >= 11 is 6.22. The zero-order valence-electron chi connectivity index (χ0n) is 14.9. The Morgan fingerprint density at radius 1 is 0.885 bits per heavy atom. The monoisotopic (exact) mass is 392 g/mol. The van der Waals surface area contributed by atoms with E-state index in [2.05, 4.69) is 4.90 Å². The van der Waals surface area contributed by atoms with Gasteiger partial charge in [-0.1, -0.05) is 60.1 Å². The van der Waals surface area contributed by atoms with Gasteiger partial charge in [-0.25, -0.2) is 8.42 Å². The van der Waals surface area contributed by atoms with Crippen LogP contribution in [-0.2, 0) is 23.0 Å². The molecule has 1 saturated heterocycles. The van der Waals surface area contributed by atoms with Gasteiger partial charge in [0, 0.05) is 37.7 Å². The van der Waals surface area contributed by atoms with Crippen molar-refractivity contribution >= 4 is 21.6 Å². The molecule has 0 atom stereocenters. The summed E-state index contributed by atoms with van der Waals surface area (Å²) in [5.74, 6) is 0.215. The van der Waals surface area contributed by atoms with Crippen molar-refractivity contribution in [1.82, 2.24) is 9.21 Å². The summed E-state index contributed by atoms with van der Waals surface area (Å²) in [6.07, 6.45) is 1.46. The van der Waals surface area contributed by atoms with E-state index in [9.17, 15) is 8.42 Å². The highest BCUT2D eigenvalue weighted by atomic mass is 35.5. The minimum absolute atomic E-state index is 0.215. The molecule has 0 radical (unpaired) electrons. The zero-order valence-corrected chi connectivity index (χ0v) is 16.4. The maximum atomic E-state index is 12.6. The number of hydrogen-bond donors (Lipinski definition) is 0. The molecule has 0 aromatic heterocycles. The second kappa shape index (κ2) is 9.00. The first-order chi connectivity index (χ1) is 12.5. The fraction of sp³-hybridized carbons (Fsp3) is 0.400. The first-order valence-electron chi connectivity index (χ1n) is 9.02. The van der Waals surface area contributed by atoms with Crippen molar-refractivity contribution in [3.63, 3.8) is 0 Å². The van der Waals surface area contributed by atoms with Crippen molar-refractivity contribution in [3.05, 3.63) is 70.7 Å². The van der Waals surface area contributed by atoms with Crippen molar-refractivity contribution < 1.29 is 8.42 Å². The van der Waals surface area contributed by atoms with Crippen molar-refractivity contribution in [2.75, 3.05) is 31.9 Å². The first-order valence-corrected chi connectivity index (χ1v) is 11.0. The van der Waals surface area contributed by atoms with E-state index in [1.807, 2.05) is 54.6 Å². The Morgan fingerprint density at radius 3 is 2.23 bits per heavy atom. The van der Waals surface area contributed by atoms with Crippen LogP contribution in [0.1, 0.15) is 17.5 Å². The van der Waals surface area contributed by atoms with Crippen LogP contribution in [0.5, 0.6) is 0 Å². The highest BCUT2D eigenvalue weighted by molar-refractivity contribution is 7.89. The number of halogens is 1. The molecular weight excluding hydrogens is 368 g/mol. The van der Waals surface area contributed by atoms with Gasteiger partial charge in [-0.15, -0.1) is 0 Å². The number of benzene rings is 2. The lowest BCUT2D eigenvalue weighted by Crippen LogP contribution is -2.48. The SMILES string of the molecule is O=S(=O)(CCCc1ccccc1)N1CCN(Cc2ccccc2Cl)CC1. The topological polar surface area (TPSA) is 40.6 Å². The van der Waals surface area contributed by atoms with Gasteiger partial charge in [0.25, 0.3) is 0 Å². The summed E-state index contributed by atoms with van der Waals surface area (Å²) < 4.78 is 26.8. The Hall–Kier alpha value is -1.40. The third-order valence-corrected chi connectivity index (χ3v) is 7.11. The lowest BCUT2D eigenvalue weighted by Gasteiger charge is -2.34. The van der Waals surface area contributed by atoms with Gasteiger partial charge in [0.2, 0.25) is 10.0 Å². The second-order valence-electron chi connectivity index (χ2n) is 6.67. The molecule has 0 bridgehead atoms. The van der Waals surface area contributed by atoms with Crippen LogP contribution in [0.25, 0.3) is 0 Å². The highest BCUT2D eigenvalue weighted by Gasteiger charge is 2.26. The molecule has 2 aromatic rings. The molecule has 3 rings (SSSR count). The van der Waals surface area contributed by atoms with Crippen LogP contribution in [-0.4, -0.2) is 49.6 Å². The fourth-order valence-corrected chi connectivity index (χ4v) is 4.95. The van der Waals surface area contributed by atoms with Crippen LogP contribution in [0.4, 0.5) is 0 Å². The number of rotatable bonds is 7. The van der Waals surface area contributed by atoms with E-state index in [1.165, 1.54) is 5.56 Å². The van der Waals surface area contributed by atoms with Crippen molar-refractivity contribution in [3.8, 4) is 0 Å². The Morgan fingerprint density at radius 2 is 1.54 bits per heavy atom. The highest BCUT2D eigenvalue weighted by Crippen LogP contribution is 2.19. The third-order valence-electron chi connectivity index (χ3n) is 4.79. The second-order valence-corrected chi connectivity index (χ2v) is 9.17. The number of aryl methyl sites for hydroxylation is 1. The Balaban J connectivity index is 1.46. The number of sulfonamides is 1. The molecule has 6 heteroatoms. The van der Waals surface area contributed by atoms with Crippen molar-refractivity contribution in [2.24, 2.45) is 0 Å². The third kappa shape index (κ3) is 5.30. The maximum Gasteiger partial charge on any atom is 0.214 e. The smallest absolute Gasteiger partial charge is 0.214 e. The molecule has 0 aliphatic carbocycles. The number of piperazine rings is 1. The fourth-order valence-electron chi connectivity index (χ4n) is 3.27. The molecule has 0 amide bonds. The molecule has 0 saturated carbocycles. The lowest BCUT2D eigenvalue weighted by molar-refractivity contribution is 0.181. The van der Waals surface area contributed by atoms with Gasteiger partial charge in [0.15, 0.2) is 0 Å². The summed E-state index contributed by atoms with van der Waals surface area (Å²) in [7, 11) is -3.18. The predicted octanol–water partition coefficient (Wildman–Crippen LogP) is 3.42. The van der Waals surface area contributed by atoms with E-state index in [0.29, 0.717) is 19.5 Å². The predicted molar refractivity (Wildman–Crippen MR) is 107 cm³/mol. The standard InChI is InChI=1S/C20H25ClN2O2S/c21-20-11-5-4-10-19(20)17-22-12-14-23(15-13-22)26(24,25)16-6-9-18-7-2-1-3-8-18/h1-5,7-8,10-11H,6,9,12-17H2. The summed E-state index contributed by atoms with van der Waals surface area (Å²) in [6, 6.07) is 17.9. The molecule has 26 heavy (non-hydrogen) atoms. The Bertz CT molecular complexity index is 804. The first kappa shape index (κ1) is 19.4. The van der Waals surface area contributed by atoms with E-state index in [1.54, 1.807) is 4.31 Å². The molecule has 0 N–H and O–H groups in total. The quantitative estimate of drug-likeness (QED) is 0.724. The average Bonchev–Trinajstić information content (AvgIpc) is 2.65. The summed E-state index contributed by atoms with van der Waals surface area (Å²) in [6.45, 7) is 3.35. The molecule has 2 aromatic carbocycles. The molecule has 1 fully saturated rings. The van der Waals surface area contributed by atoms with Gasteiger partial charge < -0.3 is 0 Å².